The zero-order valence-electron chi connectivity index (χ0n) is 5.84. The molecule has 1 rings (SSSR count). The van der Waals surface area contributed by atoms with Crippen molar-refractivity contribution < 1.29 is 30.4 Å². The van der Waals surface area contributed by atoms with Crippen molar-refractivity contribution in [1.29, 1.82) is 0 Å². The Bertz CT molecular complexity index is 195. The number of benzene rings is 1. The summed E-state index contributed by atoms with van der Waals surface area (Å²) in [6, 6.07) is 5.74. The average molecular weight is 174 g/mol. The van der Waals surface area contributed by atoms with Crippen molar-refractivity contribution in [2.45, 2.75) is 0 Å². The summed E-state index contributed by atoms with van der Waals surface area (Å²) in [6.45, 7) is 0. The van der Waals surface area contributed by atoms with Gasteiger partial charge in [0.2, 0.25) is 0 Å². The van der Waals surface area contributed by atoms with E-state index in [0.717, 1.165) is 0 Å². The van der Waals surface area contributed by atoms with Crippen LogP contribution in [0.5, 0.6) is 11.5 Å². The van der Waals surface area contributed by atoms with Crippen LogP contribution in [0.15, 0.2) is 24.3 Å². The summed E-state index contributed by atoms with van der Waals surface area (Å²) in [5.41, 5.74) is 0. The van der Waals surface area contributed by atoms with Crippen LogP contribution in [-0.4, -0.2) is 10.5 Å². The predicted octanol–water partition coefficient (Wildman–Crippen LogP) is 1.25. The Hall–Kier alpha value is -1.34. The van der Waals surface area contributed by atoms with Crippen molar-refractivity contribution in [3.8, 4) is 11.5 Å². The second-order valence-corrected chi connectivity index (χ2v) is 1.79. The predicted molar refractivity (Wildman–Crippen MR) is 35.1 cm³/mol. The van der Waals surface area contributed by atoms with Crippen LogP contribution in [0.25, 0.3) is 0 Å². The van der Waals surface area contributed by atoms with Crippen LogP contribution in [-0.2, 0) is 10.1 Å². The van der Waals surface area contributed by atoms with E-state index in [-0.39, 0.29) is 11.5 Å². The van der Waals surface area contributed by atoms with Crippen molar-refractivity contribution in [3.05, 3.63) is 24.3 Å². The van der Waals surface area contributed by atoms with E-state index < -0.39 is 0 Å². The third-order valence-corrected chi connectivity index (χ3v) is 1.09. The van der Waals surface area contributed by atoms with E-state index in [4.69, 9.17) is 10.5 Å². The van der Waals surface area contributed by atoms with Crippen molar-refractivity contribution >= 4 is 0 Å². The standard InChI is InChI=1S/C6H6O6/c7-11-9-5-1-2-6(4-3-5)10-12-8/h1-4,7-8H. The average Bonchev–Trinajstić information content (AvgIpc) is 2.09. The van der Waals surface area contributed by atoms with Crippen LogP contribution in [0, 0.1) is 0 Å². The highest BCUT2D eigenvalue weighted by molar-refractivity contribution is 5.30. The van der Waals surface area contributed by atoms with Gasteiger partial charge in [-0.1, -0.05) is 0 Å². The maximum absolute atomic E-state index is 7.87. The molecule has 1 aromatic carbocycles. The zero-order chi connectivity index (χ0) is 8.81. The minimum Gasteiger partial charge on any atom is -0.308 e. The molecule has 1 aromatic rings. The van der Waals surface area contributed by atoms with Gasteiger partial charge in [-0.15, -0.1) is 0 Å². The first-order chi connectivity index (χ1) is 5.86. The second kappa shape index (κ2) is 4.52. The van der Waals surface area contributed by atoms with E-state index in [1.54, 1.807) is 0 Å². The Labute approximate surface area is 67.2 Å². The fourth-order valence-electron chi connectivity index (χ4n) is 0.637. The van der Waals surface area contributed by atoms with E-state index in [1.165, 1.54) is 24.3 Å². The summed E-state index contributed by atoms with van der Waals surface area (Å²) in [4.78, 5) is 8.47. The molecule has 0 amide bonds. The van der Waals surface area contributed by atoms with Gasteiger partial charge in [-0.25, -0.2) is 10.5 Å². The normalized spacial score (nSPS) is 9.50. The van der Waals surface area contributed by atoms with Crippen LogP contribution in [0.2, 0.25) is 0 Å². The smallest absolute Gasteiger partial charge is 0.168 e. The van der Waals surface area contributed by atoms with Crippen molar-refractivity contribution in [2.75, 3.05) is 0 Å². The lowest BCUT2D eigenvalue weighted by molar-refractivity contribution is -0.440. The van der Waals surface area contributed by atoms with Gasteiger partial charge in [0.05, 0.1) is 0 Å². The SMILES string of the molecule is OOOc1ccc(OOO)cc1. The molecule has 0 saturated heterocycles. The highest BCUT2D eigenvalue weighted by atomic mass is 17.5. The van der Waals surface area contributed by atoms with Gasteiger partial charge in [-0.2, -0.15) is 0 Å². The molecule has 0 unspecified atom stereocenters. The van der Waals surface area contributed by atoms with Crippen molar-refractivity contribution in [3.63, 3.8) is 0 Å². The molecule has 66 valence electrons. The van der Waals surface area contributed by atoms with Crippen LogP contribution >= 0.6 is 0 Å². The van der Waals surface area contributed by atoms with Crippen LogP contribution in [0.1, 0.15) is 0 Å². The Balaban J connectivity index is 2.58. The Kier molecular flexibility index (Phi) is 3.30. The highest BCUT2D eigenvalue weighted by Gasteiger charge is 1.96. The molecule has 0 aliphatic heterocycles. The molecule has 0 heterocycles. The first-order valence-corrected chi connectivity index (χ1v) is 2.93. The van der Waals surface area contributed by atoms with Crippen LogP contribution in [0.3, 0.4) is 0 Å². The van der Waals surface area contributed by atoms with E-state index in [2.05, 4.69) is 19.9 Å². The summed E-state index contributed by atoms with van der Waals surface area (Å²) in [5.74, 6) is 0.561. The molecule has 0 aromatic heterocycles. The lowest BCUT2D eigenvalue weighted by Gasteiger charge is -1.99. The first kappa shape index (κ1) is 8.75. The summed E-state index contributed by atoms with van der Waals surface area (Å²) >= 11 is 0. The van der Waals surface area contributed by atoms with E-state index in [0.29, 0.717) is 0 Å². The number of hydrogen-bond donors (Lipinski definition) is 2. The highest BCUT2D eigenvalue weighted by Crippen LogP contribution is 2.17. The molecule has 6 nitrogen and oxygen atoms in total. The lowest BCUT2D eigenvalue weighted by Crippen LogP contribution is -1.93. The molecule has 0 aliphatic rings. The molecular formula is C6H6O6. The van der Waals surface area contributed by atoms with Crippen molar-refractivity contribution in [1.82, 2.24) is 0 Å². The topological polar surface area (TPSA) is 77.4 Å². The summed E-state index contributed by atoms with van der Waals surface area (Å²) in [6.07, 6.45) is 0. The maximum atomic E-state index is 7.87. The van der Waals surface area contributed by atoms with Gasteiger partial charge < -0.3 is 9.78 Å². The molecule has 0 fully saturated rings. The molecule has 0 spiro atoms. The van der Waals surface area contributed by atoms with Gasteiger partial charge in [0.1, 0.15) is 0 Å². The Morgan fingerprint density at radius 2 is 1.08 bits per heavy atom. The summed E-state index contributed by atoms with van der Waals surface area (Å²) in [5, 5.41) is 22.6. The molecule has 12 heavy (non-hydrogen) atoms. The third kappa shape index (κ3) is 2.36. The van der Waals surface area contributed by atoms with Gasteiger partial charge in [0, 0.05) is 0 Å². The monoisotopic (exact) mass is 174 g/mol. The molecule has 0 saturated carbocycles. The fourth-order valence-corrected chi connectivity index (χ4v) is 0.637. The minimum atomic E-state index is 0.280. The van der Waals surface area contributed by atoms with Gasteiger partial charge >= 0.3 is 0 Å². The zero-order valence-corrected chi connectivity index (χ0v) is 5.84. The number of rotatable bonds is 4. The third-order valence-electron chi connectivity index (χ3n) is 1.09. The second-order valence-electron chi connectivity index (χ2n) is 1.79. The van der Waals surface area contributed by atoms with E-state index >= 15 is 0 Å². The molecular weight excluding hydrogens is 168 g/mol. The van der Waals surface area contributed by atoms with E-state index in [1.807, 2.05) is 0 Å². The fraction of sp³-hybridized carbons (Fsp3) is 0. The van der Waals surface area contributed by atoms with Gasteiger partial charge in [-0.3, -0.25) is 0 Å². The molecule has 0 atom stereocenters. The molecule has 0 radical (unpaired) electrons. The Morgan fingerprint density at radius 1 is 0.750 bits per heavy atom. The molecule has 2 N–H and O–H groups in total. The van der Waals surface area contributed by atoms with Gasteiger partial charge in [-0.05, 0) is 34.3 Å². The Morgan fingerprint density at radius 3 is 1.33 bits per heavy atom. The molecule has 6 heteroatoms. The largest absolute Gasteiger partial charge is 0.308 e. The summed E-state index contributed by atoms with van der Waals surface area (Å²) < 4.78 is 0. The van der Waals surface area contributed by atoms with Gasteiger partial charge in [0.15, 0.2) is 11.5 Å². The maximum Gasteiger partial charge on any atom is 0.168 e. The molecule has 0 bridgehead atoms. The number of hydrogen-bond acceptors (Lipinski definition) is 6. The van der Waals surface area contributed by atoms with Crippen LogP contribution in [0.4, 0.5) is 0 Å². The van der Waals surface area contributed by atoms with Gasteiger partial charge in [0.25, 0.3) is 0 Å². The van der Waals surface area contributed by atoms with Crippen molar-refractivity contribution in [2.24, 2.45) is 0 Å². The van der Waals surface area contributed by atoms with Crippen LogP contribution < -0.4 is 9.78 Å². The van der Waals surface area contributed by atoms with E-state index in [9.17, 15) is 0 Å². The lowest BCUT2D eigenvalue weighted by atomic mass is 10.3. The minimum absolute atomic E-state index is 0.280. The first-order valence-electron chi connectivity index (χ1n) is 2.93. The molecule has 0 aliphatic carbocycles. The quantitative estimate of drug-likeness (QED) is 0.528. The summed E-state index contributed by atoms with van der Waals surface area (Å²) in [7, 11) is 0.